The number of ether oxygens (including phenoxy) is 3. The lowest BCUT2D eigenvalue weighted by atomic mass is 10.2. The van der Waals surface area contributed by atoms with Crippen LogP contribution in [0.2, 0.25) is 0 Å². The lowest BCUT2D eigenvalue weighted by molar-refractivity contribution is -0.286. The summed E-state index contributed by atoms with van der Waals surface area (Å²) in [5.41, 5.74) is 1.02. The molecule has 0 aromatic heterocycles. The molecule has 2 amide bonds. The Hall–Kier alpha value is -3.86. The van der Waals surface area contributed by atoms with Crippen molar-refractivity contribution >= 4 is 11.9 Å². The van der Waals surface area contributed by atoms with Crippen LogP contribution in [0.4, 0.5) is 13.6 Å². The minimum atomic E-state index is -3.67. The molecule has 2 aliphatic heterocycles. The standard InChI is InChI=1S/C23H24F2N4O5/c1-3-21(27-31-2)26-22(30)29-11-9-28(10-12-29)15-16-5-4-6-17(13-16)32-18-7-8-19-20(14-18)34-23(24,25)33-19/h3-8,13-14H,1,9-12,15H2,2H3,(H,26,27,30). The first-order chi connectivity index (χ1) is 16.3. The van der Waals surface area contributed by atoms with Crippen molar-refractivity contribution < 1.29 is 32.6 Å². The summed E-state index contributed by atoms with van der Waals surface area (Å²) in [6.07, 6.45) is -2.26. The molecule has 9 nitrogen and oxygen atoms in total. The van der Waals surface area contributed by atoms with Crippen LogP contribution in [-0.2, 0) is 11.4 Å². The highest BCUT2D eigenvalue weighted by atomic mass is 19.3. The number of fused-ring (bicyclic) bond motifs is 1. The fourth-order valence-electron chi connectivity index (χ4n) is 3.60. The Balaban J connectivity index is 1.30. The van der Waals surface area contributed by atoms with Gasteiger partial charge in [-0.05, 0) is 35.9 Å². The molecule has 0 saturated carbocycles. The molecule has 34 heavy (non-hydrogen) atoms. The van der Waals surface area contributed by atoms with E-state index in [-0.39, 0.29) is 23.4 Å². The van der Waals surface area contributed by atoms with Gasteiger partial charge in [0.05, 0.1) is 0 Å². The molecule has 4 rings (SSSR count). The summed E-state index contributed by atoms with van der Waals surface area (Å²) < 4.78 is 41.1. The van der Waals surface area contributed by atoms with Crippen molar-refractivity contribution in [1.82, 2.24) is 15.1 Å². The van der Waals surface area contributed by atoms with Gasteiger partial charge >= 0.3 is 12.3 Å². The van der Waals surface area contributed by atoms with Crippen molar-refractivity contribution in [2.24, 2.45) is 5.16 Å². The molecule has 0 unspecified atom stereocenters. The maximum Gasteiger partial charge on any atom is 0.586 e. The maximum atomic E-state index is 13.2. The van der Waals surface area contributed by atoms with Crippen LogP contribution in [0, 0.1) is 0 Å². The zero-order valence-electron chi connectivity index (χ0n) is 18.5. The number of hydrogen-bond donors (Lipinski definition) is 1. The van der Waals surface area contributed by atoms with Gasteiger partial charge in [-0.1, -0.05) is 23.9 Å². The summed E-state index contributed by atoms with van der Waals surface area (Å²) >= 11 is 0. The lowest BCUT2D eigenvalue weighted by Crippen LogP contribution is -2.52. The normalized spacial score (nSPS) is 17.3. The number of amides is 2. The third-order valence-electron chi connectivity index (χ3n) is 5.19. The van der Waals surface area contributed by atoms with Gasteiger partial charge in [0.1, 0.15) is 18.6 Å². The summed E-state index contributed by atoms with van der Waals surface area (Å²) in [5.74, 6) is 1.06. The minimum absolute atomic E-state index is 0.0365. The first kappa shape index (κ1) is 23.3. The van der Waals surface area contributed by atoms with Crippen molar-refractivity contribution in [2.45, 2.75) is 12.8 Å². The van der Waals surface area contributed by atoms with Crippen LogP contribution in [0.15, 0.2) is 60.3 Å². The molecule has 2 aromatic rings. The number of rotatable bonds is 6. The lowest BCUT2D eigenvalue weighted by Gasteiger charge is -2.34. The predicted molar refractivity (Wildman–Crippen MR) is 119 cm³/mol. The Kier molecular flexibility index (Phi) is 6.82. The van der Waals surface area contributed by atoms with Crippen molar-refractivity contribution in [3.8, 4) is 23.0 Å². The number of piperazine rings is 1. The topological polar surface area (TPSA) is 84.9 Å². The maximum absolute atomic E-state index is 13.2. The van der Waals surface area contributed by atoms with Crippen LogP contribution in [0.1, 0.15) is 5.56 Å². The molecule has 0 atom stereocenters. The highest BCUT2D eigenvalue weighted by Crippen LogP contribution is 2.43. The second kappa shape index (κ2) is 9.96. The SMILES string of the molecule is C=C/C(=N\OC)NC(=O)N1CCN(Cc2cccc(Oc3ccc4c(c3)OC(F)(F)O4)c2)CC1. The number of nitrogens with one attached hydrogen (secondary N) is 1. The molecule has 0 bridgehead atoms. The molecule has 0 aliphatic carbocycles. The smallest absolute Gasteiger partial charge is 0.457 e. The fraction of sp³-hybridized carbons (Fsp3) is 0.304. The first-order valence-electron chi connectivity index (χ1n) is 10.5. The molecule has 2 aliphatic rings. The average Bonchev–Trinajstić information content (AvgIpc) is 3.12. The van der Waals surface area contributed by atoms with Crippen molar-refractivity contribution in [1.29, 1.82) is 0 Å². The first-order valence-corrected chi connectivity index (χ1v) is 10.5. The number of halogens is 2. The molecule has 0 radical (unpaired) electrons. The van der Waals surface area contributed by atoms with E-state index in [1.807, 2.05) is 18.2 Å². The number of urea groups is 1. The molecule has 180 valence electrons. The second-order valence-corrected chi connectivity index (χ2v) is 7.58. The fourth-order valence-corrected chi connectivity index (χ4v) is 3.60. The molecule has 0 spiro atoms. The van der Waals surface area contributed by atoms with E-state index in [2.05, 4.69) is 36.3 Å². The number of hydrogen-bond acceptors (Lipinski definition) is 7. The van der Waals surface area contributed by atoms with Gasteiger partial charge in [0, 0.05) is 38.8 Å². The Morgan fingerprint density at radius 2 is 1.88 bits per heavy atom. The van der Waals surface area contributed by atoms with Crippen LogP contribution in [0.3, 0.4) is 0 Å². The van der Waals surface area contributed by atoms with E-state index in [9.17, 15) is 13.6 Å². The summed E-state index contributed by atoms with van der Waals surface area (Å²) in [7, 11) is 1.39. The number of nitrogens with zero attached hydrogens (tertiary/aromatic N) is 3. The zero-order valence-corrected chi connectivity index (χ0v) is 18.5. The molecular weight excluding hydrogens is 450 g/mol. The van der Waals surface area contributed by atoms with Gasteiger partial charge in [0.2, 0.25) is 0 Å². The van der Waals surface area contributed by atoms with E-state index in [0.29, 0.717) is 44.2 Å². The third-order valence-corrected chi connectivity index (χ3v) is 5.19. The summed E-state index contributed by atoms with van der Waals surface area (Å²) in [6, 6.07) is 11.5. The van der Waals surface area contributed by atoms with Crippen LogP contribution < -0.4 is 19.5 Å². The number of benzene rings is 2. The summed E-state index contributed by atoms with van der Waals surface area (Å²) in [4.78, 5) is 21.0. The van der Waals surface area contributed by atoms with Crippen molar-refractivity contribution in [3.05, 3.63) is 60.7 Å². The molecule has 1 saturated heterocycles. The third kappa shape index (κ3) is 5.73. The Bertz CT molecular complexity index is 1090. The number of carbonyl (C=O) groups is 1. The quantitative estimate of drug-likeness (QED) is 0.390. The minimum Gasteiger partial charge on any atom is -0.457 e. The zero-order chi connectivity index (χ0) is 24.1. The highest BCUT2D eigenvalue weighted by Gasteiger charge is 2.43. The van der Waals surface area contributed by atoms with E-state index < -0.39 is 6.29 Å². The Morgan fingerprint density at radius 3 is 2.62 bits per heavy atom. The van der Waals surface area contributed by atoms with E-state index >= 15 is 0 Å². The van der Waals surface area contributed by atoms with E-state index in [0.717, 1.165) is 5.56 Å². The highest BCUT2D eigenvalue weighted by molar-refractivity contribution is 6.03. The van der Waals surface area contributed by atoms with Crippen LogP contribution in [0.25, 0.3) is 0 Å². The Morgan fingerprint density at radius 1 is 1.15 bits per heavy atom. The molecule has 2 aromatic carbocycles. The van der Waals surface area contributed by atoms with Crippen molar-refractivity contribution in [2.75, 3.05) is 33.3 Å². The van der Waals surface area contributed by atoms with Crippen LogP contribution in [0.5, 0.6) is 23.0 Å². The molecule has 2 heterocycles. The summed E-state index contributed by atoms with van der Waals surface area (Å²) in [6.45, 7) is 6.76. The average molecular weight is 474 g/mol. The number of oxime groups is 1. The van der Waals surface area contributed by atoms with Gasteiger partial charge in [-0.25, -0.2) is 4.79 Å². The Labute approximate surface area is 195 Å². The number of amidine groups is 1. The monoisotopic (exact) mass is 474 g/mol. The number of alkyl halides is 2. The van der Waals surface area contributed by atoms with Crippen LogP contribution in [-0.4, -0.2) is 61.3 Å². The van der Waals surface area contributed by atoms with Crippen LogP contribution >= 0.6 is 0 Å². The number of carbonyl (C=O) groups excluding carboxylic acids is 1. The molecule has 1 fully saturated rings. The van der Waals surface area contributed by atoms with E-state index in [1.54, 1.807) is 11.0 Å². The van der Waals surface area contributed by atoms with Gasteiger partial charge in [0.25, 0.3) is 0 Å². The van der Waals surface area contributed by atoms with Crippen molar-refractivity contribution in [3.63, 3.8) is 0 Å². The molecule has 11 heteroatoms. The van der Waals surface area contributed by atoms with Gasteiger partial charge in [0.15, 0.2) is 17.3 Å². The molecule has 1 N–H and O–H groups in total. The summed E-state index contributed by atoms with van der Waals surface area (Å²) in [5, 5.41) is 6.33. The largest absolute Gasteiger partial charge is 0.586 e. The van der Waals surface area contributed by atoms with Gasteiger partial charge in [-0.2, -0.15) is 0 Å². The van der Waals surface area contributed by atoms with E-state index in [4.69, 9.17) is 4.74 Å². The van der Waals surface area contributed by atoms with Gasteiger partial charge < -0.3 is 23.9 Å². The van der Waals surface area contributed by atoms with Gasteiger partial charge in [-0.3, -0.25) is 10.2 Å². The molecular formula is C23H24F2N4O5. The second-order valence-electron chi connectivity index (χ2n) is 7.58. The van der Waals surface area contributed by atoms with E-state index in [1.165, 1.54) is 31.4 Å². The van der Waals surface area contributed by atoms with Gasteiger partial charge in [-0.15, -0.1) is 8.78 Å². The predicted octanol–water partition coefficient (Wildman–Crippen LogP) is 3.77.